The van der Waals surface area contributed by atoms with Crippen molar-refractivity contribution in [2.75, 3.05) is 0 Å². The van der Waals surface area contributed by atoms with E-state index < -0.39 is 24.0 Å². The molecule has 1 unspecified atom stereocenters. The van der Waals surface area contributed by atoms with E-state index in [4.69, 9.17) is 0 Å². The summed E-state index contributed by atoms with van der Waals surface area (Å²) in [7, 11) is 0. The monoisotopic (exact) mass is 303 g/mol. The summed E-state index contributed by atoms with van der Waals surface area (Å²) in [5, 5.41) is 9.41. The molecule has 0 fully saturated rings. The van der Waals surface area contributed by atoms with Crippen LogP contribution in [0.25, 0.3) is 0 Å². The van der Waals surface area contributed by atoms with Gasteiger partial charge in [-0.15, -0.1) is 0 Å². The van der Waals surface area contributed by atoms with Crippen molar-refractivity contribution in [2.45, 2.75) is 51.3 Å². The fourth-order valence-electron chi connectivity index (χ4n) is 1.83. The minimum Gasteiger partial charge on any atom is -0.506 e. The summed E-state index contributed by atoms with van der Waals surface area (Å²) in [6, 6.07) is 6.25. The van der Waals surface area contributed by atoms with E-state index in [1.54, 1.807) is 0 Å². The van der Waals surface area contributed by atoms with Gasteiger partial charge in [0.1, 0.15) is 11.3 Å². The van der Waals surface area contributed by atoms with Gasteiger partial charge in [-0.05, 0) is 18.9 Å². The van der Waals surface area contributed by atoms with E-state index in [1.165, 1.54) is 18.2 Å². The number of hydrogen-bond acceptors (Lipinski definition) is 3. The highest BCUT2D eigenvalue weighted by Gasteiger charge is 2.42. The van der Waals surface area contributed by atoms with Gasteiger partial charge in [-0.3, -0.25) is 0 Å². The lowest BCUT2D eigenvalue weighted by Crippen LogP contribution is -2.33. The summed E-state index contributed by atoms with van der Waals surface area (Å²) in [6.45, 7) is 1.95. The van der Waals surface area contributed by atoms with Gasteiger partial charge in [0.05, 0.1) is 0 Å². The third-order valence-electron chi connectivity index (χ3n) is 2.99. The highest BCUT2D eigenvalue weighted by atomic mass is 19.4. The number of carbonyl (C=O) groups is 1. The van der Waals surface area contributed by atoms with Crippen molar-refractivity contribution < 1.29 is 27.8 Å². The second kappa shape index (κ2) is 7.90. The fraction of sp³-hybridized carbons (Fsp3) is 0.533. The summed E-state index contributed by atoms with van der Waals surface area (Å²) >= 11 is 0. The van der Waals surface area contributed by atoms with Crippen LogP contribution in [0.15, 0.2) is 18.2 Å². The van der Waals surface area contributed by atoms with Crippen LogP contribution in [0.5, 0.6) is 5.75 Å². The van der Waals surface area contributed by atoms with Gasteiger partial charge in [-0.1, -0.05) is 38.3 Å². The van der Waals surface area contributed by atoms with Gasteiger partial charge in [0.2, 0.25) is 0 Å². The van der Waals surface area contributed by atoms with E-state index >= 15 is 0 Å². The topological polar surface area (TPSA) is 46.5 Å². The molecule has 0 amide bonds. The number of rotatable bonds is 7. The van der Waals surface area contributed by atoms with Crippen molar-refractivity contribution in [3.63, 3.8) is 0 Å². The summed E-state index contributed by atoms with van der Waals surface area (Å²) in [5.74, 6) is -1.71. The average molecular weight is 303 g/mol. The highest BCUT2D eigenvalue weighted by Crippen LogP contribution is 2.29. The van der Waals surface area contributed by atoms with Crippen LogP contribution in [0, 0.1) is 6.07 Å². The van der Waals surface area contributed by atoms with Crippen LogP contribution in [0.3, 0.4) is 0 Å². The summed E-state index contributed by atoms with van der Waals surface area (Å²) in [5.41, 5.74) is -0.319. The van der Waals surface area contributed by atoms with Gasteiger partial charge in [0.15, 0.2) is 6.10 Å². The molecule has 0 saturated heterocycles. The predicted octanol–water partition coefficient (Wildman–Crippen LogP) is 4.25. The molecule has 0 heterocycles. The minimum absolute atomic E-state index is 0.271. The first-order chi connectivity index (χ1) is 9.86. The van der Waals surface area contributed by atoms with Crippen LogP contribution in [-0.4, -0.2) is 23.4 Å². The number of phenols is 1. The highest BCUT2D eigenvalue weighted by molar-refractivity contribution is 5.92. The molecule has 0 aliphatic rings. The standard InChI is InChI=1S/C15H18F3O3/c1-2-3-4-5-10-13(15(16,17)18)21-14(20)11-8-6-7-9-12(11)19/h6-8,13,19H,2-5,10H2,1H3. The van der Waals surface area contributed by atoms with Crippen molar-refractivity contribution in [3.05, 3.63) is 29.8 Å². The van der Waals surface area contributed by atoms with Crippen molar-refractivity contribution in [1.29, 1.82) is 0 Å². The van der Waals surface area contributed by atoms with Crippen molar-refractivity contribution in [2.24, 2.45) is 0 Å². The molecular formula is C15H18F3O3. The molecule has 1 atom stereocenters. The molecule has 1 rings (SSSR count). The van der Waals surface area contributed by atoms with E-state index in [0.717, 1.165) is 12.8 Å². The molecule has 0 aliphatic heterocycles. The third-order valence-corrected chi connectivity index (χ3v) is 2.99. The van der Waals surface area contributed by atoms with Gasteiger partial charge in [-0.25, -0.2) is 4.79 Å². The smallest absolute Gasteiger partial charge is 0.425 e. The predicted molar refractivity (Wildman–Crippen MR) is 71.0 cm³/mol. The van der Waals surface area contributed by atoms with Gasteiger partial charge in [0.25, 0.3) is 0 Å². The van der Waals surface area contributed by atoms with E-state index in [1.807, 2.05) is 6.92 Å². The number of unbranched alkanes of at least 4 members (excludes halogenated alkanes) is 3. The van der Waals surface area contributed by atoms with E-state index in [9.17, 15) is 23.1 Å². The lowest BCUT2D eigenvalue weighted by molar-refractivity contribution is -0.206. The Balaban J connectivity index is 2.68. The second-order valence-electron chi connectivity index (χ2n) is 4.72. The summed E-state index contributed by atoms with van der Waals surface area (Å²) in [4.78, 5) is 11.7. The van der Waals surface area contributed by atoms with Crippen LogP contribution in [0.4, 0.5) is 13.2 Å². The maximum atomic E-state index is 12.9. The largest absolute Gasteiger partial charge is 0.506 e. The van der Waals surface area contributed by atoms with E-state index in [0.29, 0.717) is 12.8 Å². The molecule has 0 bridgehead atoms. The van der Waals surface area contributed by atoms with Crippen LogP contribution < -0.4 is 0 Å². The average Bonchev–Trinajstić information content (AvgIpc) is 2.41. The van der Waals surface area contributed by atoms with Crippen molar-refractivity contribution in [1.82, 2.24) is 0 Å². The lowest BCUT2D eigenvalue weighted by atomic mass is 10.1. The number of benzene rings is 1. The zero-order valence-corrected chi connectivity index (χ0v) is 11.7. The maximum absolute atomic E-state index is 12.9. The number of hydrogen-bond donors (Lipinski definition) is 1. The van der Waals surface area contributed by atoms with Crippen molar-refractivity contribution in [3.8, 4) is 5.75 Å². The Morgan fingerprint density at radius 1 is 1.38 bits per heavy atom. The SMILES string of the molecule is CCCCCCC(OC(=O)c1ccc[c]c1O)C(F)(F)F. The Hall–Kier alpha value is -1.72. The summed E-state index contributed by atoms with van der Waals surface area (Å²) < 4.78 is 43.1. The number of alkyl halides is 3. The third kappa shape index (κ3) is 5.65. The molecule has 117 valence electrons. The Bertz CT molecular complexity index is 458. The first-order valence-electron chi connectivity index (χ1n) is 6.83. The number of esters is 1. The molecule has 1 aromatic rings. The molecule has 0 spiro atoms. The fourth-order valence-corrected chi connectivity index (χ4v) is 1.83. The molecule has 21 heavy (non-hydrogen) atoms. The maximum Gasteiger partial charge on any atom is 0.425 e. The Labute approximate surface area is 121 Å². The van der Waals surface area contributed by atoms with Gasteiger partial charge < -0.3 is 9.84 Å². The molecule has 1 aromatic carbocycles. The first kappa shape index (κ1) is 17.3. The van der Waals surface area contributed by atoms with Gasteiger partial charge in [0, 0.05) is 6.07 Å². The van der Waals surface area contributed by atoms with Gasteiger partial charge in [-0.2, -0.15) is 13.2 Å². The van der Waals surface area contributed by atoms with Crippen LogP contribution in [-0.2, 0) is 4.74 Å². The lowest BCUT2D eigenvalue weighted by Gasteiger charge is -2.20. The zero-order chi connectivity index (χ0) is 15.9. The number of para-hydroxylation sites is 1. The van der Waals surface area contributed by atoms with E-state index in [-0.39, 0.29) is 12.0 Å². The molecule has 0 aliphatic carbocycles. The normalized spacial score (nSPS) is 13.0. The van der Waals surface area contributed by atoms with Crippen LogP contribution in [0.2, 0.25) is 0 Å². The molecule has 3 nitrogen and oxygen atoms in total. The quantitative estimate of drug-likeness (QED) is 0.605. The number of phenolic OH excluding ortho intramolecular Hbond substituents is 1. The van der Waals surface area contributed by atoms with Crippen LogP contribution in [0.1, 0.15) is 49.4 Å². The molecule has 6 heteroatoms. The van der Waals surface area contributed by atoms with E-state index in [2.05, 4.69) is 10.8 Å². The zero-order valence-electron chi connectivity index (χ0n) is 11.7. The molecule has 1 radical (unpaired) electrons. The molecule has 0 saturated carbocycles. The minimum atomic E-state index is -4.62. The number of halogens is 3. The molecule has 1 N–H and O–H groups in total. The van der Waals surface area contributed by atoms with Crippen molar-refractivity contribution >= 4 is 5.97 Å². The first-order valence-corrected chi connectivity index (χ1v) is 6.83. The number of ether oxygens (including phenoxy) is 1. The van der Waals surface area contributed by atoms with Gasteiger partial charge >= 0.3 is 12.1 Å². The Kier molecular flexibility index (Phi) is 6.52. The number of carbonyl (C=O) groups excluding carboxylic acids is 1. The Morgan fingerprint density at radius 2 is 2.10 bits per heavy atom. The molecule has 0 aromatic heterocycles. The van der Waals surface area contributed by atoms with Crippen LogP contribution >= 0.6 is 0 Å². The number of aromatic hydroxyl groups is 1. The second-order valence-corrected chi connectivity index (χ2v) is 4.72. The summed E-state index contributed by atoms with van der Waals surface area (Å²) in [6.07, 6.45) is -4.30. The Morgan fingerprint density at radius 3 is 2.67 bits per heavy atom. The molecular weight excluding hydrogens is 285 g/mol.